The van der Waals surface area contributed by atoms with Crippen molar-refractivity contribution in [2.45, 2.75) is 18.3 Å². The number of aromatic hydroxyl groups is 1. The van der Waals surface area contributed by atoms with E-state index in [0.717, 1.165) is 0 Å². The second kappa shape index (κ2) is 5.15. The molecule has 0 bridgehead atoms. The first-order chi connectivity index (χ1) is 12.7. The lowest BCUT2D eigenvalue weighted by Gasteiger charge is -2.46. The van der Waals surface area contributed by atoms with Gasteiger partial charge in [-0.15, -0.1) is 0 Å². The van der Waals surface area contributed by atoms with Crippen LogP contribution in [0.3, 0.4) is 0 Å². The summed E-state index contributed by atoms with van der Waals surface area (Å²) in [5.74, 6) is -7.38. The average molecular weight is 370 g/mol. The Morgan fingerprint density at radius 3 is 2.41 bits per heavy atom. The largest absolute Gasteiger partial charge is 0.508 e. The van der Waals surface area contributed by atoms with E-state index in [1.807, 2.05) is 0 Å². The first-order valence-electron chi connectivity index (χ1n) is 7.95. The highest BCUT2D eigenvalue weighted by atomic mass is 16.7. The molecular formula is C19H14O8. The molecule has 0 fully saturated rings. The summed E-state index contributed by atoms with van der Waals surface area (Å²) in [6, 6.07) is 6.58. The number of rotatable bonds is 1. The molecule has 0 unspecified atom stereocenters. The Kier molecular flexibility index (Phi) is 3.28. The van der Waals surface area contributed by atoms with E-state index in [2.05, 4.69) is 0 Å². The van der Waals surface area contributed by atoms with Gasteiger partial charge in [-0.05, 0) is 30.7 Å². The number of phenolic OH excluding ortho intramolecular Hbond substituents is 1. The van der Waals surface area contributed by atoms with E-state index in [0.29, 0.717) is 5.56 Å². The number of phenols is 1. The molecule has 1 aliphatic carbocycles. The normalized spacial score (nSPS) is 26.0. The summed E-state index contributed by atoms with van der Waals surface area (Å²) in [6.07, 6.45) is 0. The van der Waals surface area contributed by atoms with Crippen LogP contribution in [0.1, 0.15) is 42.2 Å². The molecular weight excluding hydrogens is 356 g/mol. The molecule has 2 atom stereocenters. The zero-order valence-corrected chi connectivity index (χ0v) is 14.3. The number of hydrogen-bond acceptors (Lipinski definition) is 8. The van der Waals surface area contributed by atoms with Crippen LogP contribution in [0.25, 0.3) is 0 Å². The molecule has 1 heterocycles. The van der Waals surface area contributed by atoms with Crippen LogP contribution in [0.5, 0.6) is 11.5 Å². The number of benzene rings is 2. The Hall–Kier alpha value is -3.23. The third-order valence-electron chi connectivity index (χ3n) is 4.93. The van der Waals surface area contributed by atoms with Gasteiger partial charge in [-0.25, -0.2) is 4.79 Å². The smallest absolute Gasteiger partial charge is 0.341 e. The van der Waals surface area contributed by atoms with Gasteiger partial charge in [-0.2, -0.15) is 0 Å². The number of fused-ring (bicyclic) bond motifs is 4. The minimum atomic E-state index is -3.25. The lowest BCUT2D eigenvalue weighted by Crippen LogP contribution is -2.68. The minimum absolute atomic E-state index is 0.0312. The van der Waals surface area contributed by atoms with E-state index in [1.165, 1.54) is 37.4 Å². The molecule has 2 aromatic rings. The molecule has 0 saturated heterocycles. The van der Waals surface area contributed by atoms with Crippen LogP contribution in [0.15, 0.2) is 30.3 Å². The Bertz CT molecular complexity index is 1060. The zero-order chi connectivity index (χ0) is 19.7. The zero-order valence-electron chi connectivity index (χ0n) is 14.3. The fraction of sp³-hybridized carbons (Fsp3) is 0.211. The number of ether oxygens (including phenoxy) is 2. The number of methoxy groups -OCH3 is 1. The van der Waals surface area contributed by atoms with Crippen molar-refractivity contribution in [3.63, 3.8) is 0 Å². The van der Waals surface area contributed by atoms with Gasteiger partial charge in [-0.3, -0.25) is 9.59 Å². The van der Waals surface area contributed by atoms with Gasteiger partial charge in [-0.1, -0.05) is 12.1 Å². The number of carbonyl (C=O) groups is 3. The number of aryl methyl sites for hydroxylation is 1. The van der Waals surface area contributed by atoms with Crippen LogP contribution in [-0.4, -0.2) is 45.8 Å². The fourth-order valence-electron chi connectivity index (χ4n) is 3.71. The standard InChI is InChI=1S/C19H14O8/c1-8-6-10-14(11(20)7-8)18(24)15(21)9-4-3-5-12(26-2)13(9)16(22)19(18,25)27-17(10)23/h3-7,20,24-25H,1-2H3/t18-,19+/m0/s1. The van der Waals surface area contributed by atoms with Gasteiger partial charge in [0.1, 0.15) is 11.5 Å². The van der Waals surface area contributed by atoms with E-state index >= 15 is 0 Å². The summed E-state index contributed by atoms with van der Waals surface area (Å²) in [4.78, 5) is 38.6. The van der Waals surface area contributed by atoms with Gasteiger partial charge in [0.25, 0.3) is 0 Å². The Balaban J connectivity index is 2.13. The molecule has 8 nitrogen and oxygen atoms in total. The van der Waals surface area contributed by atoms with E-state index in [4.69, 9.17) is 9.47 Å². The SMILES string of the molecule is COc1cccc2c1C(=O)[C@@]1(O)OC(=O)c3cc(C)cc(O)c3[C@]1(O)C2=O. The summed E-state index contributed by atoms with van der Waals surface area (Å²) < 4.78 is 9.95. The van der Waals surface area contributed by atoms with Crippen molar-refractivity contribution in [1.29, 1.82) is 0 Å². The predicted molar refractivity (Wildman–Crippen MR) is 88.8 cm³/mol. The van der Waals surface area contributed by atoms with Crippen molar-refractivity contribution >= 4 is 17.5 Å². The number of carbonyl (C=O) groups excluding carboxylic acids is 3. The molecule has 0 spiro atoms. The molecule has 2 aromatic carbocycles. The van der Waals surface area contributed by atoms with Crippen molar-refractivity contribution in [2.24, 2.45) is 0 Å². The first kappa shape index (κ1) is 17.2. The van der Waals surface area contributed by atoms with E-state index in [9.17, 15) is 29.7 Å². The summed E-state index contributed by atoms with van der Waals surface area (Å²) in [7, 11) is 1.26. The van der Waals surface area contributed by atoms with Crippen LogP contribution in [0, 0.1) is 6.92 Å². The second-order valence-electron chi connectivity index (χ2n) is 6.49. The molecule has 8 heteroatoms. The van der Waals surface area contributed by atoms with Gasteiger partial charge < -0.3 is 24.8 Å². The molecule has 0 radical (unpaired) electrons. The third-order valence-corrected chi connectivity index (χ3v) is 4.93. The average Bonchev–Trinajstić information content (AvgIpc) is 2.62. The maximum Gasteiger partial charge on any atom is 0.341 e. The maximum atomic E-state index is 13.2. The van der Waals surface area contributed by atoms with Crippen molar-refractivity contribution in [3.05, 3.63) is 58.1 Å². The molecule has 0 aromatic heterocycles. The van der Waals surface area contributed by atoms with Crippen molar-refractivity contribution in [2.75, 3.05) is 7.11 Å². The van der Waals surface area contributed by atoms with Crippen LogP contribution in [0.4, 0.5) is 0 Å². The maximum absolute atomic E-state index is 13.2. The lowest BCUT2D eigenvalue weighted by atomic mass is 9.67. The topological polar surface area (TPSA) is 130 Å². The fourth-order valence-corrected chi connectivity index (χ4v) is 3.71. The monoisotopic (exact) mass is 370 g/mol. The predicted octanol–water partition coefficient (Wildman–Crippen LogP) is 0.835. The number of esters is 1. The quantitative estimate of drug-likeness (QED) is 0.630. The molecule has 138 valence electrons. The van der Waals surface area contributed by atoms with E-state index in [1.54, 1.807) is 6.92 Å². The molecule has 1 aliphatic heterocycles. The highest BCUT2D eigenvalue weighted by molar-refractivity contribution is 6.24. The van der Waals surface area contributed by atoms with Crippen LogP contribution in [-0.2, 0) is 10.3 Å². The van der Waals surface area contributed by atoms with Crippen molar-refractivity contribution < 1.29 is 39.2 Å². The highest BCUT2D eigenvalue weighted by Gasteiger charge is 2.71. The van der Waals surface area contributed by atoms with Gasteiger partial charge in [0.2, 0.25) is 17.2 Å². The molecule has 27 heavy (non-hydrogen) atoms. The summed E-state index contributed by atoms with van der Waals surface area (Å²) in [5.41, 5.74) is -3.99. The molecule has 2 aliphatic rings. The number of ketones is 2. The summed E-state index contributed by atoms with van der Waals surface area (Å²) in [5, 5.41) is 32.5. The van der Waals surface area contributed by atoms with Crippen molar-refractivity contribution in [1.82, 2.24) is 0 Å². The van der Waals surface area contributed by atoms with Crippen LogP contribution >= 0.6 is 0 Å². The molecule has 3 N–H and O–H groups in total. The third kappa shape index (κ3) is 1.85. The van der Waals surface area contributed by atoms with Crippen LogP contribution in [0.2, 0.25) is 0 Å². The molecule has 0 saturated carbocycles. The number of Topliss-reactive ketones (excluding diaryl/α,β-unsaturated/α-hetero) is 2. The summed E-state index contributed by atoms with van der Waals surface area (Å²) in [6.45, 7) is 1.58. The highest BCUT2D eigenvalue weighted by Crippen LogP contribution is 2.52. The van der Waals surface area contributed by atoms with Gasteiger partial charge in [0, 0.05) is 5.56 Å². The van der Waals surface area contributed by atoms with E-state index in [-0.39, 0.29) is 22.4 Å². The van der Waals surface area contributed by atoms with Crippen LogP contribution < -0.4 is 4.74 Å². The number of aliphatic hydroxyl groups is 2. The Morgan fingerprint density at radius 2 is 1.74 bits per heavy atom. The second-order valence-corrected chi connectivity index (χ2v) is 6.49. The minimum Gasteiger partial charge on any atom is -0.508 e. The summed E-state index contributed by atoms with van der Waals surface area (Å²) >= 11 is 0. The van der Waals surface area contributed by atoms with E-state index < -0.39 is 40.2 Å². The molecule has 4 rings (SSSR count). The van der Waals surface area contributed by atoms with Crippen molar-refractivity contribution in [3.8, 4) is 11.5 Å². The first-order valence-corrected chi connectivity index (χ1v) is 7.95. The lowest BCUT2D eigenvalue weighted by molar-refractivity contribution is -0.230. The number of hydrogen-bond donors (Lipinski definition) is 3. The van der Waals surface area contributed by atoms with Gasteiger partial charge in [0.15, 0.2) is 0 Å². The van der Waals surface area contributed by atoms with Gasteiger partial charge >= 0.3 is 11.8 Å². The van der Waals surface area contributed by atoms with Gasteiger partial charge in [0.05, 0.1) is 23.8 Å². The Morgan fingerprint density at radius 1 is 1.04 bits per heavy atom. The molecule has 0 amide bonds. The Labute approximate surface area is 152 Å².